The minimum atomic E-state index is 0.433. The van der Waals surface area contributed by atoms with Gasteiger partial charge in [0, 0.05) is 42.5 Å². The van der Waals surface area contributed by atoms with Gasteiger partial charge < -0.3 is 10.5 Å². The van der Waals surface area contributed by atoms with Crippen LogP contribution in [0.3, 0.4) is 0 Å². The van der Waals surface area contributed by atoms with Crippen molar-refractivity contribution in [3.63, 3.8) is 0 Å². The molecule has 3 nitrogen and oxygen atoms in total. The maximum Gasteiger partial charge on any atom is 0.0595 e. The summed E-state index contributed by atoms with van der Waals surface area (Å²) in [5.41, 5.74) is 8.08. The summed E-state index contributed by atoms with van der Waals surface area (Å²) < 4.78 is 6.48. The van der Waals surface area contributed by atoms with E-state index in [4.69, 9.17) is 10.5 Å². The molecule has 1 heterocycles. The van der Waals surface area contributed by atoms with Crippen LogP contribution in [0.4, 0.5) is 5.69 Å². The largest absolute Gasteiger partial charge is 0.398 e. The lowest BCUT2D eigenvalue weighted by Crippen LogP contribution is -2.36. The van der Waals surface area contributed by atoms with E-state index in [1.54, 1.807) is 7.11 Å². The highest BCUT2D eigenvalue weighted by Gasteiger charge is 2.19. The van der Waals surface area contributed by atoms with Gasteiger partial charge in [-0.25, -0.2) is 0 Å². The molecule has 1 aromatic rings. The first kappa shape index (κ1) is 12.9. The van der Waals surface area contributed by atoms with E-state index in [1.165, 1.54) is 5.56 Å². The molecule has 17 heavy (non-hydrogen) atoms. The van der Waals surface area contributed by atoms with Crippen LogP contribution in [0.25, 0.3) is 0 Å². The highest BCUT2D eigenvalue weighted by molar-refractivity contribution is 9.10. The van der Waals surface area contributed by atoms with E-state index in [0.29, 0.717) is 6.10 Å². The maximum atomic E-state index is 6.01. The molecule has 1 saturated heterocycles. The Morgan fingerprint density at radius 1 is 1.41 bits per heavy atom. The first-order chi connectivity index (χ1) is 8.20. The molecule has 0 aromatic heterocycles. The third-order valence-electron chi connectivity index (χ3n) is 3.40. The average Bonchev–Trinajstić information content (AvgIpc) is 2.35. The number of hydrogen-bond acceptors (Lipinski definition) is 3. The van der Waals surface area contributed by atoms with Gasteiger partial charge in [0.2, 0.25) is 0 Å². The Morgan fingerprint density at radius 3 is 2.71 bits per heavy atom. The molecule has 94 valence electrons. The molecule has 0 atom stereocenters. The Kier molecular flexibility index (Phi) is 4.42. The number of likely N-dealkylation sites (tertiary alicyclic amines) is 1. The van der Waals surface area contributed by atoms with Crippen molar-refractivity contribution in [3.05, 3.63) is 28.2 Å². The number of halogens is 1. The fourth-order valence-electron chi connectivity index (χ4n) is 2.27. The fraction of sp³-hybridized carbons (Fsp3) is 0.538. The van der Waals surface area contributed by atoms with Gasteiger partial charge in [0.15, 0.2) is 0 Å². The zero-order valence-electron chi connectivity index (χ0n) is 10.2. The summed E-state index contributed by atoms with van der Waals surface area (Å²) >= 11 is 3.57. The van der Waals surface area contributed by atoms with Crippen LogP contribution in [0.15, 0.2) is 22.7 Å². The third-order valence-corrected chi connectivity index (χ3v) is 4.15. The number of nitrogen functional groups attached to an aromatic ring is 1. The van der Waals surface area contributed by atoms with Gasteiger partial charge in [0.25, 0.3) is 0 Å². The second-order valence-electron chi connectivity index (χ2n) is 4.52. The number of piperidine rings is 1. The van der Waals surface area contributed by atoms with E-state index < -0.39 is 0 Å². The molecule has 1 aliphatic rings. The van der Waals surface area contributed by atoms with E-state index in [9.17, 15) is 0 Å². The lowest BCUT2D eigenvalue weighted by molar-refractivity contribution is 0.0389. The summed E-state index contributed by atoms with van der Waals surface area (Å²) in [6.45, 7) is 3.09. The highest BCUT2D eigenvalue weighted by atomic mass is 79.9. The van der Waals surface area contributed by atoms with Crippen LogP contribution in [-0.2, 0) is 11.3 Å². The number of rotatable bonds is 3. The minimum absolute atomic E-state index is 0.433. The van der Waals surface area contributed by atoms with Gasteiger partial charge in [-0.2, -0.15) is 0 Å². The molecule has 2 N–H and O–H groups in total. The lowest BCUT2D eigenvalue weighted by Gasteiger charge is -2.31. The van der Waals surface area contributed by atoms with E-state index in [-0.39, 0.29) is 0 Å². The number of ether oxygens (including phenoxy) is 1. The second kappa shape index (κ2) is 5.85. The van der Waals surface area contributed by atoms with Crippen LogP contribution in [0.1, 0.15) is 18.4 Å². The van der Waals surface area contributed by atoms with Crippen LogP contribution < -0.4 is 5.73 Å². The van der Waals surface area contributed by atoms with E-state index >= 15 is 0 Å². The molecule has 1 fully saturated rings. The zero-order chi connectivity index (χ0) is 12.3. The predicted molar refractivity (Wildman–Crippen MR) is 73.9 cm³/mol. The summed E-state index contributed by atoms with van der Waals surface area (Å²) in [7, 11) is 1.80. The number of nitrogens with two attached hydrogens (primary N) is 1. The minimum Gasteiger partial charge on any atom is -0.398 e. The van der Waals surface area contributed by atoms with Crippen molar-refractivity contribution in [3.8, 4) is 0 Å². The lowest BCUT2D eigenvalue weighted by atomic mass is 10.1. The summed E-state index contributed by atoms with van der Waals surface area (Å²) in [5, 5.41) is 0. The van der Waals surface area contributed by atoms with Crippen LogP contribution in [0.5, 0.6) is 0 Å². The Hall–Kier alpha value is -0.580. The number of hydrogen-bond donors (Lipinski definition) is 1. The van der Waals surface area contributed by atoms with Crippen molar-refractivity contribution in [2.45, 2.75) is 25.5 Å². The monoisotopic (exact) mass is 298 g/mol. The Labute approximate surface area is 111 Å². The van der Waals surface area contributed by atoms with Crippen LogP contribution in [0, 0.1) is 0 Å². The third kappa shape index (κ3) is 3.21. The standard InChI is InChI=1S/C13H19BrN2O/c1-17-10-5-7-16(8-6-10)9-11-12(14)3-2-4-13(11)15/h2-4,10H,5-9,15H2,1H3. The molecule has 0 saturated carbocycles. The van der Waals surface area contributed by atoms with Gasteiger partial charge >= 0.3 is 0 Å². The molecule has 1 aliphatic heterocycles. The average molecular weight is 299 g/mol. The summed E-state index contributed by atoms with van der Waals surface area (Å²) in [6, 6.07) is 5.98. The Balaban J connectivity index is 1.98. The molecule has 0 aliphatic carbocycles. The SMILES string of the molecule is COC1CCN(Cc2c(N)cccc2Br)CC1. The quantitative estimate of drug-likeness (QED) is 0.872. The molecule has 0 spiro atoms. The summed E-state index contributed by atoms with van der Waals surface area (Å²) in [6.07, 6.45) is 2.66. The molecule has 0 amide bonds. The molecule has 1 aromatic carbocycles. The van der Waals surface area contributed by atoms with Crippen molar-refractivity contribution in [1.82, 2.24) is 4.90 Å². The van der Waals surface area contributed by atoms with Crippen molar-refractivity contribution >= 4 is 21.6 Å². The molecule has 4 heteroatoms. The van der Waals surface area contributed by atoms with Crippen molar-refractivity contribution in [2.75, 3.05) is 25.9 Å². The second-order valence-corrected chi connectivity index (χ2v) is 5.37. The van der Waals surface area contributed by atoms with Gasteiger partial charge in [-0.3, -0.25) is 4.90 Å². The fourth-order valence-corrected chi connectivity index (χ4v) is 2.78. The Morgan fingerprint density at radius 2 is 2.12 bits per heavy atom. The maximum absolute atomic E-state index is 6.01. The number of nitrogens with zero attached hydrogens (tertiary/aromatic N) is 1. The smallest absolute Gasteiger partial charge is 0.0595 e. The van der Waals surface area contributed by atoms with E-state index in [0.717, 1.165) is 42.6 Å². The predicted octanol–water partition coefficient (Wildman–Crippen LogP) is 2.64. The van der Waals surface area contributed by atoms with Gasteiger partial charge in [-0.1, -0.05) is 22.0 Å². The van der Waals surface area contributed by atoms with E-state index in [2.05, 4.69) is 20.8 Å². The topological polar surface area (TPSA) is 38.5 Å². The van der Waals surface area contributed by atoms with Crippen molar-refractivity contribution in [1.29, 1.82) is 0 Å². The van der Waals surface area contributed by atoms with Crippen LogP contribution in [-0.4, -0.2) is 31.2 Å². The van der Waals surface area contributed by atoms with Gasteiger partial charge in [-0.05, 0) is 25.0 Å². The number of benzene rings is 1. The normalized spacial score (nSPS) is 18.5. The molecule has 0 bridgehead atoms. The molecule has 0 radical (unpaired) electrons. The molecular weight excluding hydrogens is 280 g/mol. The first-order valence-electron chi connectivity index (χ1n) is 5.98. The first-order valence-corrected chi connectivity index (χ1v) is 6.78. The Bertz CT molecular complexity index is 355. The molecule has 0 unspecified atom stereocenters. The van der Waals surface area contributed by atoms with Gasteiger partial charge in [0.05, 0.1) is 6.10 Å². The van der Waals surface area contributed by atoms with Crippen molar-refractivity contribution in [2.24, 2.45) is 0 Å². The highest BCUT2D eigenvalue weighted by Crippen LogP contribution is 2.25. The molecule has 2 rings (SSSR count). The summed E-state index contributed by atoms with van der Waals surface area (Å²) in [4.78, 5) is 2.44. The number of methoxy groups -OCH3 is 1. The zero-order valence-corrected chi connectivity index (χ0v) is 11.7. The van der Waals surface area contributed by atoms with E-state index in [1.807, 2.05) is 18.2 Å². The van der Waals surface area contributed by atoms with Gasteiger partial charge in [0.1, 0.15) is 0 Å². The van der Waals surface area contributed by atoms with Crippen LogP contribution in [0.2, 0.25) is 0 Å². The van der Waals surface area contributed by atoms with Gasteiger partial charge in [-0.15, -0.1) is 0 Å². The van der Waals surface area contributed by atoms with Crippen LogP contribution >= 0.6 is 15.9 Å². The van der Waals surface area contributed by atoms with Crippen molar-refractivity contribution < 1.29 is 4.74 Å². The molecular formula is C13H19BrN2O. The summed E-state index contributed by atoms with van der Waals surface area (Å²) in [5.74, 6) is 0. The number of anilines is 1.